The summed E-state index contributed by atoms with van der Waals surface area (Å²) in [5.74, 6) is 0.191. The van der Waals surface area contributed by atoms with E-state index in [-0.39, 0.29) is 5.75 Å². The van der Waals surface area contributed by atoms with Crippen LogP contribution in [0.3, 0.4) is 0 Å². The molecule has 0 atom stereocenters. The van der Waals surface area contributed by atoms with E-state index >= 15 is 0 Å². The molecule has 0 aliphatic heterocycles. The molecule has 5 heteroatoms. The predicted octanol–water partition coefficient (Wildman–Crippen LogP) is 3.48. The molecule has 1 rings (SSSR count). The maximum Gasteiger partial charge on any atom is 0.130 e. The van der Waals surface area contributed by atoms with Gasteiger partial charge >= 0.3 is 0 Å². The van der Waals surface area contributed by atoms with Gasteiger partial charge in [0.15, 0.2) is 0 Å². The number of hydrogen-bond donors (Lipinski definition) is 1. The topological polar surface area (TPSA) is 69.0 Å². The van der Waals surface area contributed by atoms with Crippen molar-refractivity contribution in [2.75, 3.05) is 6.54 Å². The van der Waals surface area contributed by atoms with Crippen molar-refractivity contribution in [2.45, 2.75) is 0 Å². The standard InChI is InChI=1S/C9H8BrN3O/c10-9-7(3-1-5-8(9)14)4-2-6-12-13-11/h1-5,14H,6H2. The normalized spacial score (nSPS) is 10.1. The summed E-state index contributed by atoms with van der Waals surface area (Å²) in [4.78, 5) is 2.62. The van der Waals surface area contributed by atoms with Gasteiger partial charge in [-0.25, -0.2) is 0 Å². The van der Waals surface area contributed by atoms with Gasteiger partial charge in [0.1, 0.15) is 5.75 Å². The highest BCUT2D eigenvalue weighted by Gasteiger charge is 1.99. The number of halogens is 1. The Morgan fingerprint density at radius 2 is 2.36 bits per heavy atom. The average molecular weight is 254 g/mol. The first-order valence-corrected chi connectivity index (χ1v) is 4.70. The molecule has 0 unspecified atom stereocenters. The van der Waals surface area contributed by atoms with Crippen LogP contribution < -0.4 is 0 Å². The second-order valence-corrected chi connectivity index (χ2v) is 3.29. The minimum Gasteiger partial charge on any atom is -0.507 e. The van der Waals surface area contributed by atoms with Crippen LogP contribution >= 0.6 is 15.9 Å². The SMILES string of the molecule is [N-]=[N+]=NCC=Cc1cccc(O)c1Br. The van der Waals surface area contributed by atoms with Gasteiger partial charge in [0.2, 0.25) is 0 Å². The minimum absolute atomic E-state index is 0.191. The Balaban J connectivity index is 2.81. The lowest BCUT2D eigenvalue weighted by atomic mass is 10.2. The van der Waals surface area contributed by atoms with Crippen molar-refractivity contribution in [2.24, 2.45) is 5.11 Å². The molecule has 0 aliphatic rings. The van der Waals surface area contributed by atoms with Gasteiger partial charge in [0.05, 0.1) is 4.47 Å². The molecule has 14 heavy (non-hydrogen) atoms. The van der Waals surface area contributed by atoms with Crippen LogP contribution in [-0.4, -0.2) is 11.7 Å². The molecule has 1 aromatic carbocycles. The Morgan fingerprint density at radius 1 is 1.57 bits per heavy atom. The summed E-state index contributed by atoms with van der Waals surface area (Å²) < 4.78 is 0.636. The summed E-state index contributed by atoms with van der Waals surface area (Å²) in [5.41, 5.74) is 8.88. The van der Waals surface area contributed by atoms with Gasteiger partial charge in [0, 0.05) is 11.5 Å². The summed E-state index contributed by atoms with van der Waals surface area (Å²) in [6.07, 6.45) is 3.50. The van der Waals surface area contributed by atoms with Crippen LogP contribution in [0.2, 0.25) is 0 Å². The van der Waals surface area contributed by atoms with Crippen LogP contribution in [0, 0.1) is 0 Å². The third kappa shape index (κ3) is 2.80. The first-order chi connectivity index (χ1) is 6.75. The molecule has 0 saturated carbocycles. The first kappa shape index (κ1) is 10.6. The zero-order valence-corrected chi connectivity index (χ0v) is 8.85. The minimum atomic E-state index is 0.191. The molecular weight excluding hydrogens is 246 g/mol. The molecule has 1 aromatic rings. The monoisotopic (exact) mass is 253 g/mol. The van der Waals surface area contributed by atoms with Crippen LogP contribution in [0.15, 0.2) is 33.9 Å². The van der Waals surface area contributed by atoms with Gasteiger partial charge in [0.25, 0.3) is 0 Å². The number of benzene rings is 1. The molecule has 0 spiro atoms. The van der Waals surface area contributed by atoms with Crippen molar-refractivity contribution >= 4 is 22.0 Å². The fraction of sp³-hybridized carbons (Fsp3) is 0.111. The lowest BCUT2D eigenvalue weighted by Gasteiger charge is -1.99. The number of hydrogen-bond acceptors (Lipinski definition) is 2. The molecule has 0 radical (unpaired) electrons. The van der Waals surface area contributed by atoms with Crippen LogP contribution in [0.1, 0.15) is 5.56 Å². The van der Waals surface area contributed by atoms with Crippen LogP contribution in [0.5, 0.6) is 5.75 Å². The van der Waals surface area contributed by atoms with E-state index in [1.54, 1.807) is 24.3 Å². The third-order valence-corrected chi connectivity index (χ3v) is 2.42. The van der Waals surface area contributed by atoms with Gasteiger partial charge < -0.3 is 5.11 Å². The second kappa shape index (κ2) is 5.32. The molecule has 0 bridgehead atoms. The summed E-state index contributed by atoms with van der Waals surface area (Å²) in [7, 11) is 0. The van der Waals surface area contributed by atoms with E-state index in [1.165, 1.54) is 0 Å². The van der Waals surface area contributed by atoms with E-state index in [0.29, 0.717) is 11.0 Å². The Bertz CT molecular complexity index is 397. The summed E-state index contributed by atoms with van der Waals surface area (Å²) in [6.45, 7) is 0.304. The Hall–Kier alpha value is -1.45. The van der Waals surface area contributed by atoms with Crippen molar-refractivity contribution in [3.63, 3.8) is 0 Å². The first-order valence-electron chi connectivity index (χ1n) is 3.90. The van der Waals surface area contributed by atoms with Crippen molar-refractivity contribution in [1.82, 2.24) is 0 Å². The molecule has 0 aliphatic carbocycles. The average Bonchev–Trinajstić information content (AvgIpc) is 2.19. The summed E-state index contributed by atoms with van der Waals surface area (Å²) in [6, 6.07) is 5.18. The van der Waals surface area contributed by atoms with Gasteiger partial charge in [-0.05, 0) is 33.1 Å². The largest absolute Gasteiger partial charge is 0.507 e. The molecule has 0 amide bonds. The third-order valence-electron chi connectivity index (χ3n) is 1.56. The van der Waals surface area contributed by atoms with E-state index in [0.717, 1.165) is 5.56 Å². The Kier molecular flexibility index (Phi) is 4.04. The van der Waals surface area contributed by atoms with Gasteiger partial charge in [-0.3, -0.25) is 0 Å². The molecule has 0 saturated heterocycles. The fourth-order valence-corrected chi connectivity index (χ4v) is 1.33. The van der Waals surface area contributed by atoms with Crippen molar-refractivity contribution < 1.29 is 5.11 Å². The molecule has 4 nitrogen and oxygen atoms in total. The van der Waals surface area contributed by atoms with Gasteiger partial charge in [-0.2, -0.15) is 0 Å². The summed E-state index contributed by atoms with van der Waals surface area (Å²) >= 11 is 3.24. The van der Waals surface area contributed by atoms with E-state index in [9.17, 15) is 5.11 Å². The highest BCUT2D eigenvalue weighted by atomic mass is 79.9. The highest BCUT2D eigenvalue weighted by molar-refractivity contribution is 9.10. The molecule has 0 heterocycles. The predicted molar refractivity (Wildman–Crippen MR) is 58.9 cm³/mol. The van der Waals surface area contributed by atoms with Gasteiger partial charge in [-0.1, -0.05) is 29.4 Å². The van der Waals surface area contributed by atoms with E-state index < -0.39 is 0 Å². The zero-order chi connectivity index (χ0) is 10.4. The number of aromatic hydroxyl groups is 1. The maximum absolute atomic E-state index is 9.34. The molecule has 1 N–H and O–H groups in total. The number of nitrogens with zero attached hydrogens (tertiary/aromatic N) is 3. The number of phenolic OH excluding ortho intramolecular Hbond substituents is 1. The number of rotatable bonds is 3. The highest BCUT2D eigenvalue weighted by Crippen LogP contribution is 2.27. The molecular formula is C9H8BrN3O. The van der Waals surface area contributed by atoms with Crippen molar-refractivity contribution in [3.8, 4) is 5.75 Å². The maximum atomic E-state index is 9.34. The van der Waals surface area contributed by atoms with Crippen molar-refractivity contribution in [3.05, 3.63) is 44.8 Å². The lowest BCUT2D eigenvalue weighted by molar-refractivity contribution is 0.472. The number of phenols is 1. The second-order valence-electron chi connectivity index (χ2n) is 2.50. The smallest absolute Gasteiger partial charge is 0.130 e. The zero-order valence-electron chi connectivity index (χ0n) is 7.26. The Labute approximate surface area is 89.6 Å². The lowest BCUT2D eigenvalue weighted by Crippen LogP contribution is -1.76. The van der Waals surface area contributed by atoms with Crippen LogP contribution in [0.25, 0.3) is 16.5 Å². The number of azide groups is 1. The van der Waals surface area contributed by atoms with E-state index in [1.807, 2.05) is 6.07 Å². The van der Waals surface area contributed by atoms with Gasteiger partial charge in [-0.15, -0.1) is 0 Å². The molecule has 0 fully saturated rings. The summed E-state index contributed by atoms with van der Waals surface area (Å²) in [5, 5.41) is 12.7. The van der Waals surface area contributed by atoms with Crippen LogP contribution in [0.4, 0.5) is 0 Å². The molecule has 72 valence electrons. The quantitative estimate of drug-likeness (QED) is 0.500. The van der Waals surface area contributed by atoms with Crippen molar-refractivity contribution in [1.29, 1.82) is 0 Å². The van der Waals surface area contributed by atoms with Crippen LogP contribution in [-0.2, 0) is 0 Å². The fourth-order valence-electron chi connectivity index (χ4n) is 0.929. The van der Waals surface area contributed by atoms with E-state index in [4.69, 9.17) is 5.53 Å². The van der Waals surface area contributed by atoms with E-state index in [2.05, 4.69) is 26.0 Å². The molecule has 0 aromatic heterocycles. The Morgan fingerprint density at radius 3 is 3.07 bits per heavy atom.